The Balaban J connectivity index is 2.15. The summed E-state index contributed by atoms with van der Waals surface area (Å²) in [6.45, 7) is 1.41. The van der Waals surface area contributed by atoms with Gasteiger partial charge in [0.05, 0.1) is 32.4 Å². The molecule has 0 aromatic heterocycles. The summed E-state index contributed by atoms with van der Waals surface area (Å²) in [5, 5.41) is 6.05. The van der Waals surface area contributed by atoms with Crippen LogP contribution in [0.5, 0.6) is 11.5 Å². The Morgan fingerprint density at radius 2 is 1.77 bits per heavy atom. The summed E-state index contributed by atoms with van der Waals surface area (Å²) in [6.07, 6.45) is 0.0571. The van der Waals surface area contributed by atoms with E-state index in [1.54, 1.807) is 37.4 Å². The molecule has 1 atom stereocenters. The average molecular weight is 377 g/mol. The lowest BCUT2D eigenvalue weighted by Crippen LogP contribution is -2.29. The van der Waals surface area contributed by atoms with Crippen molar-refractivity contribution in [1.82, 2.24) is 5.32 Å². The van der Waals surface area contributed by atoms with Gasteiger partial charge in [-0.25, -0.2) is 0 Å². The lowest BCUT2D eigenvalue weighted by Gasteiger charge is -2.19. The minimum atomic E-state index is -0.469. The summed E-state index contributed by atoms with van der Waals surface area (Å²) >= 11 is 5.98. The highest BCUT2D eigenvalue weighted by Crippen LogP contribution is 2.28. The maximum absolute atomic E-state index is 12.5. The molecule has 0 aliphatic rings. The van der Waals surface area contributed by atoms with Crippen molar-refractivity contribution >= 4 is 29.1 Å². The van der Waals surface area contributed by atoms with Crippen LogP contribution in [0.15, 0.2) is 42.5 Å². The standard InChI is InChI=1S/C19H21ClN2O4/c1-12(23)21-16(13-4-7-15(25-2)8-5-13)11-19(24)22-17-10-14(20)6-9-18(17)26-3/h4-10,16H,11H2,1-3H3,(H,21,23)(H,22,24). The number of nitrogens with one attached hydrogen (secondary N) is 2. The number of amides is 2. The fraction of sp³-hybridized carbons (Fsp3) is 0.263. The number of methoxy groups -OCH3 is 2. The molecule has 0 saturated heterocycles. The van der Waals surface area contributed by atoms with Gasteiger partial charge in [0.15, 0.2) is 0 Å². The van der Waals surface area contributed by atoms with Crippen molar-refractivity contribution in [3.63, 3.8) is 0 Å². The van der Waals surface area contributed by atoms with E-state index in [9.17, 15) is 9.59 Å². The minimum absolute atomic E-state index is 0.0571. The molecule has 0 bridgehead atoms. The fourth-order valence-electron chi connectivity index (χ4n) is 2.50. The second kappa shape index (κ2) is 9.10. The monoisotopic (exact) mass is 376 g/mol. The minimum Gasteiger partial charge on any atom is -0.497 e. The molecule has 0 saturated carbocycles. The van der Waals surface area contributed by atoms with E-state index in [1.165, 1.54) is 14.0 Å². The first-order chi connectivity index (χ1) is 12.4. The van der Waals surface area contributed by atoms with E-state index in [-0.39, 0.29) is 18.2 Å². The number of anilines is 1. The topological polar surface area (TPSA) is 76.7 Å². The van der Waals surface area contributed by atoms with Crippen LogP contribution in [-0.2, 0) is 9.59 Å². The van der Waals surface area contributed by atoms with Crippen molar-refractivity contribution in [3.05, 3.63) is 53.1 Å². The Morgan fingerprint density at radius 1 is 1.08 bits per heavy atom. The van der Waals surface area contributed by atoms with E-state index in [2.05, 4.69) is 10.6 Å². The molecule has 2 rings (SSSR count). The molecular formula is C19H21ClN2O4. The Hall–Kier alpha value is -2.73. The fourth-order valence-corrected chi connectivity index (χ4v) is 2.67. The first kappa shape index (κ1) is 19.6. The number of rotatable bonds is 7. The summed E-state index contributed by atoms with van der Waals surface area (Å²) in [4.78, 5) is 24.0. The van der Waals surface area contributed by atoms with Crippen LogP contribution in [-0.4, -0.2) is 26.0 Å². The third kappa shape index (κ3) is 5.39. The number of carbonyl (C=O) groups is 2. The summed E-state index contributed by atoms with van der Waals surface area (Å²) in [5.41, 5.74) is 1.27. The van der Waals surface area contributed by atoms with Crippen molar-refractivity contribution in [2.24, 2.45) is 0 Å². The number of ether oxygens (including phenoxy) is 2. The van der Waals surface area contributed by atoms with Gasteiger partial charge in [-0.15, -0.1) is 0 Å². The van der Waals surface area contributed by atoms with E-state index >= 15 is 0 Å². The van der Waals surface area contributed by atoms with Crippen LogP contribution >= 0.6 is 11.6 Å². The van der Waals surface area contributed by atoms with Crippen LogP contribution in [0.25, 0.3) is 0 Å². The molecule has 0 heterocycles. The van der Waals surface area contributed by atoms with Gasteiger partial charge in [-0.1, -0.05) is 23.7 Å². The maximum Gasteiger partial charge on any atom is 0.226 e. The van der Waals surface area contributed by atoms with Gasteiger partial charge >= 0.3 is 0 Å². The van der Waals surface area contributed by atoms with Gasteiger partial charge < -0.3 is 20.1 Å². The van der Waals surface area contributed by atoms with Crippen LogP contribution in [0.4, 0.5) is 5.69 Å². The highest BCUT2D eigenvalue weighted by molar-refractivity contribution is 6.31. The molecule has 6 nitrogen and oxygen atoms in total. The van der Waals surface area contributed by atoms with Crippen LogP contribution in [0, 0.1) is 0 Å². The van der Waals surface area contributed by atoms with Crippen LogP contribution in [0.3, 0.4) is 0 Å². The summed E-state index contributed by atoms with van der Waals surface area (Å²) < 4.78 is 10.4. The first-order valence-electron chi connectivity index (χ1n) is 7.97. The molecular weight excluding hydrogens is 356 g/mol. The molecule has 0 aliphatic carbocycles. The Kier molecular flexibility index (Phi) is 6.86. The van der Waals surface area contributed by atoms with Gasteiger partial charge in [0.1, 0.15) is 11.5 Å². The maximum atomic E-state index is 12.5. The molecule has 0 radical (unpaired) electrons. The second-order valence-electron chi connectivity index (χ2n) is 5.62. The largest absolute Gasteiger partial charge is 0.497 e. The summed E-state index contributed by atoms with van der Waals surface area (Å²) in [6, 6.07) is 11.7. The zero-order chi connectivity index (χ0) is 19.1. The second-order valence-corrected chi connectivity index (χ2v) is 6.06. The molecule has 0 aliphatic heterocycles. The number of hydrogen-bond acceptors (Lipinski definition) is 4. The molecule has 2 aromatic rings. The normalized spacial score (nSPS) is 11.4. The van der Waals surface area contributed by atoms with Gasteiger partial charge in [0.2, 0.25) is 11.8 Å². The first-order valence-corrected chi connectivity index (χ1v) is 8.35. The zero-order valence-electron chi connectivity index (χ0n) is 14.8. The van der Waals surface area contributed by atoms with Crippen LogP contribution in [0.1, 0.15) is 24.9 Å². The van der Waals surface area contributed by atoms with E-state index in [1.807, 2.05) is 12.1 Å². The Bertz CT molecular complexity index is 778. The predicted molar refractivity (Wildman–Crippen MR) is 101 cm³/mol. The van der Waals surface area contributed by atoms with Gasteiger partial charge in [-0.05, 0) is 35.9 Å². The molecule has 26 heavy (non-hydrogen) atoms. The van der Waals surface area contributed by atoms with E-state index in [0.29, 0.717) is 22.2 Å². The molecule has 2 amide bonds. The van der Waals surface area contributed by atoms with E-state index in [4.69, 9.17) is 21.1 Å². The van der Waals surface area contributed by atoms with Gasteiger partial charge in [0, 0.05) is 11.9 Å². The highest BCUT2D eigenvalue weighted by Gasteiger charge is 2.18. The number of carbonyl (C=O) groups excluding carboxylic acids is 2. The van der Waals surface area contributed by atoms with Crippen LogP contribution in [0.2, 0.25) is 5.02 Å². The molecule has 2 N–H and O–H groups in total. The van der Waals surface area contributed by atoms with E-state index in [0.717, 1.165) is 5.56 Å². The Labute approximate surface area is 157 Å². The third-order valence-corrected chi connectivity index (χ3v) is 3.96. The van der Waals surface area contributed by atoms with Crippen molar-refractivity contribution in [3.8, 4) is 11.5 Å². The number of benzene rings is 2. The lowest BCUT2D eigenvalue weighted by molar-refractivity contribution is -0.120. The van der Waals surface area contributed by atoms with Gasteiger partial charge in [-0.2, -0.15) is 0 Å². The van der Waals surface area contributed by atoms with Crippen molar-refractivity contribution < 1.29 is 19.1 Å². The smallest absolute Gasteiger partial charge is 0.226 e. The Morgan fingerprint density at radius 3 is 2.35 bits per heavy atom. The quantitative estimate of drug-likeness (QED) is 0.774. The molecule has 7 heteroatoms. The SMILES string of the molecule is COc1ccc(C(CC(=O)Nc2cc(Cl)ccc2OC)NC(C)=O)cc1. The average Bonchev–Trinajstić information content (AvgIpc) is 2.61. The lowest BCUT2D eigenvalue weighted by atomic mass is 10.0. The molecule has 0 fully saturated rings. The van der Waals surface area contributed by atoms with Crippen molar-refractivity contribution in [2.75, 3.05) is 19.5 Å². The molecule has 1 unspecified atom stereocenters. The van der Waals surface area contributed by atoms with Crippen LogP contribution < -0.4 is 20.1 Å². The van der Waals surface area contributed by atoms with Gasteiger partial charge in [0.25, 0.3) is 0 Å². The van der Waals surface area contributed by atoms with E-state index < -0.39 is 6.04 Å². The highest BCUT2D eigenvalue weighted by atomic mass is 35.5. The van der Waals surface area contributed by atoms with Gasteiger partial charge in [-0.3, -0.25) is 9.59 Å². The van der Waals surface area contributed by atoms with Crippen molar-refractivity contribution in [1.29, 1.82) is 0 Å². The molecule has 0 spiro atoms. The number of hydrogen-bond donors (Lipinski definition) is 2. The molecule has 2 aromatic carbocycles. The summed E-state index contributed by atoms with van der Waals surface area (Å²) in [7, 11) is 3.09. The molecule has 138 valence electrons. The van der Waals surface area contributed by atoms with Crippen molar-refractivity contribution in [2.45, 2.75) is 19.4 Å². The number of halogens is 1. The zero-order valence-corrected chi connectivity index (χ0v) is 15.6. The predicted octanol–water partition coefficient (Wildman–Crippen LogP) is 3.56. The third-order valence-electron chi connectivity index (χ3n) is 3.72. The summed E-state index contributed by atoms with van der Waals surface area (Å²) in [5.74, 6) is 0.700.